The largest absolute Gasteiger partial charge is 0.305 e. The minimum Gasteiger partial charge on any atom is -0.305 e. The van der Waals surface area contributed by atoms with Gasteiger partial charge in [0, 0.05) is 6.20 Å². The van der Waals surface area contributed by atoms with Crippen LogP contribution in [-0.2, 0) is 0 Å². The maximum absolute atomic E-state index is 5.94. The number of pyridine rings is 1. The molecule has 0 radical (unpaired) electrons. The van der Waals surface area contributed by atoms with Gasteiger partial charge in [-0.05, 0) is 18.6 Å². The maximum atomic E-state index is 5.94. The topological polar surface area (TPSA) is 17.3 Å². The van der Waals surface area contributed by atoms with E-state index in [1.54, 1.807) is 12.5 Å². The molecule has 0 unspecified atom stereocenters. The van der Waals surface area contributed by atoms with Crippen molar-refractivity contribution < 1.29 is 0 Å². The van der Waals surface area contributed by atoms with Crippen molar-refractivity contribution in [3.8, 4) is 0 Å². The number of halogens is 1. The van der Waals surface area contributed by atoms with E-state index in [4.69, 9.17) is 11.6 Å². The summed E-state index contributed by atoms with van der Waals surface area (Å²) in [6, 6.07) is 1.93. The molecule has 2 heterocycles. The zero-order valence-corrected chi connectivity index (χ0v) is 6.84. The summed E-state index contributed by atoms with van der Waals surface area (Å²) in [4.78, 5) is 3.98. The molecule has 2 aromatic rings. The van der Waals surface area contributed by atoms with Gasteiger partial charge in [0.05, 0.1) is 23.1 Å². The Morgan fingerprint density at radius 2 is 2.36 bits per heavy atom. The number of aryl methyl sites for hydroxylation is 1. The summed E-state index contributed by atoms with van der Waals surface area (Å²) >= 11 is 5.94. The highest BCUT2D eigenvalue weighted by atomic mass is 35.5. The van der Waals surface area contributed by atoms with Gasteiger partial charge in [-0.15, -0.1) is 0 Å². The monoisotopic (exact) mass is 166 g/mol. The Morgan fingerprint density at radius 3 is 3.18 bits per heavy atom. The number of fused-ring (bicyclic) bond motifs is 1. The SMILES string of the molecule is Cc1cc(Cl)c2cncn2c1. The van der Waals surface area contributed by atoms with Gasteiger partial charge >= 0.3 is 0 Å². The molecule has 2 aromatic heterocycles. The van der Waals surface area contributed by atoms with Gasteiger partial charge in [-0.3, -0.25) is 0 Å². The van der Waals surface area contributed by atoms with Crippen LogP contribution in [0.1, 0.15) is 5.56 Å². The zero-order valence-electron chi connectivity index (χ0n) is 6.08. The molecule has 2 rings (SSSR count). The Hall–Kier alpha value is -1.02. The normalized spacial score (nSPS) is 10.7. The quantitative estimate of drug-likeness (QED) is 0.587. The minimum atomic E-state index is 0.752. The molecule has 0 aliphatic heterocycles. The first-order valence-electron chi connectivity index (χ1n) is 3.35. The zero-order chi connectivity index (χ0) is 7.84. The number of imidazole rings is 1. The fourth-order valence-electron chi connectivity index (χ4n) is 1.12. The highest BCUT2D eigenvalue weighted by Crippen LogP contribution is 2.17. The first-order chi connectivity index (χ1) is 5.27. The summed E-state index contributed by atoms with van der Waals surface area (Å²) < 4.78 is 1.91. The molecule has 56 valence electrons. The standard InChI is InChI=1S/C8H7ClN2/c1-6-2-7(9)8-3-10-5-11(8)4-6/h2-5H,1H3. The molecule has 0 aliphatic rings. The van der Waals surface area contributed by atoms with E-state index in [0.717, 1.165) is 16.1 Å². The predicted molar refractivity (Wildman–Crippen MR) is 44.9 cm³/mol. The van der Waals surface area contributed by atoms with Crippen molar-refractivity contribution >= 4 is 17.1 Å². The van der Waals surface area contributed by atoms with Gasteiger partial charge in [-0.1, -0.05) is 11.6 Å². The fraction of sp³-hybridized carbons (Fsp3) is 0.125. The number of aromatic nitrogens is 2. The molecule has 2 nitrogen and oxygen atoms in total. The second-order valence-corrected chi connectivity index (χ2v) is 2.96. The molecule has 0 fully saturated rings. The predicted octanol–water partition coefficient (Wildman–Crippen LogP) is 2.30. The Balaban J connectivity index is 2.91. The lowest BCUT2D eigenvalue weighted by atomic mass is 10.3. The van der Waals surface area contributed by atoms with E-state index in [-0.39, 0.29) is 0 Å². The summed E-state index contributed by atoms with van der Waals surface area (Å²) in [5, 5.41) is 0.752. The van der Waals surface area contributed by atoms with Crippen LogP contribution in [0.4, 0.5) is 0 Å². The van der Waals surface area contributed by atoms with Gasteiger partial charge in [-0.25, -0.2) is 4.98 Å². The lowest BCUT2D eigenvalue weighted by molar-refractivity contribution is 1.13. The summed E-state index contributed by atoms with van der Waals surface area (Å²) in [7, 11) is 0. The number of nitrogens with zero attached hydrogens (tertiary/aromatic N) is 2. The maximum Gasteiger partial charge on any atom is 0.0992 e. The minimum absolute atomic E-state index is 0.752. The first-order valence-corrected chi connectivity index (χ1v) is 3.73. The van der Waals surface area contributed by atoms with E-state index in [1.807, 2.05) is 23.6 Å². The van der Waals surface area contributed by atoms with Crippen LogP contribution in [0.2, 0.25) is 5.02 Å². The molecule has 3 heteroatoms. The van der Waals surface area contributed by atoms with Crippen molar-refractivity contribution in [3.63, 3.8) is 0 Å². The van der Waals surface area contributed by atoms with Crippen LogP contribution in [0.25, 0.3) is 5.52 Å². The van der Waals surface area contributed by atoms with Crippen molar-refractivity contribution in [1.29, 1.82) is 0 Å². The van der Waals surface area contributed by atoms with Crippen LogP contribution in [0.5, 0.6) is 0 Å². The Labute approximate surface area is 69.4 Å². The summed E-state index contributed by atoms with van der Waals surface area (Å²) in [5.41, 5.74) is 2.10. The Morgan fingerprint density at radius 1 is 1.55 bits per heavy atom. The van der Waals surface area contributed by atoms with Crippen LogP contribution >= 0.6 is 11.6 Å². The highest BCUT2D eigenvalue weighted by Gasteiger charge is 1.98. The molecular weight excluding hydrogens is 160 g/mol. The molecule has 0 amide bonds. The van der Waals surface area contributed by atoms with E-state index in [0.29, 0.717) is 0 Å². The molecular formula is C8H7ClN2. The van der Waals surface area contributed by atoms with Gasteiger partial charge in [0.1, 0.15) is 0 Å². The molecule has 11 heavy (non-hydrogen) atoms. The van der Waals surface area contributed by atoms with Crippen molar-refractivity contribution in [1.82, 2.24) is 9.38 Å². The molecule has 0 spiro atoms. The van der Waals surface area contributed by atoms with Gasteiger partial charge < -0.3 is 4.40 Å². The smallest absolute Gasteiger partial charge is 0.0992 e. The molecule has 0 bridgehead atoms. The summed E-state index contributed by atoms with van der Waals surface area (Å²) in [6.07, 6.45) is 5.49. The van der Waals surface area contributed by atoms with Crippen LogP contribution in [0.3, 0.4) is 0 Å². The van der Waals surface area contributed by atoms with Crippen LogP contribution in [0, 0.1) is 6.92 Å². The number of hydrogen-bond acceptors (Lipinski definition) is 1. The second-order valence-electron chi connectivity index (χ2n) is 2.55. The second kappa shape index (κ2) is 2.24. The van der Waals surface area contributed by atoms with Crippen molar-refractivity contribution in [2.75, 3.05) is 0 Å². The molecule has 0 aromatic carbocycles. The third kappa shape index (κ3) is 0.994. The van der Waals surface area contributed by atoms with Gasteiger partial charge in [0.2, 0.25) is 0 Å². The average Bonchev–Trinajstić information content (AvgIpc) is 2.34. The van der Waals surface area contributed by atoms with Gasteiger partial charge in [-0.2, -0.15) is 0 Å². The van der Waals surface area contributed by atoms with Gasteiger partial charge in [0.15, 0.2) is 0 Å². The number of rotatable bonds is 0. The molecule has 0 saturated heterocycles. The fourth-order valence-corrected chi connectivity index (χ4v) is 1.44. The van der Waals surface area contributed by atoms with E-state index < -0.39 is 0 Å². The van der Waals surface area contributed by atoms with Crippen LogP contribution in [0.15, 0.2) is 24.8 Å². The lowest BCUT2D eigenvalue weighted by Gasteiger charge is -1.97. The number of hydrogen-bond donors (Lipinski definition) is 0. The molecule has 0 aliphatic carbocycles. The summed E-state index contributed by atoms with van der Waals surface area (Å²) in [5.74, 6) is 0. The van der Waals surface area contributed by atoms with E-state index >= 15 is 0 Å². The van der Waals surface area contributed by atoms with E-state index in [9.17, 15) is 0 Å². The lowest BCUT2D eigenvalue weighted by Crippen LogP contribution is -1.83. The average molecular weight is 167 g/mol. The van der Waals surface area contributed by atoms with Crippen molar-refractivity contribution in [3.05, 3.63) is 35.4 Å². The van der Waals surface area contributed by atoms with Crippen molar-refractivity contribution in [2.24, 2.45) is 0 Å². The molecule has 0 N–H and O–H groups in total. The summed E-state index contributed by atoms with van der Waals surface area (Å²) in [6.45, 7) is 2.01. The van der Waals surface area contributed by atoms with Gasteiger partial charge in [0.25, 0.3) is 0 Å². The Kier molecular flexibility index (Phi) is 1.36. The first kappa shape index (κ1) is 6.68. The van der Waals surface area contributed by atoms with Crippen molar-refractivity contribution in [2.45, 2.75) is 6.92 Å². The van der Waals surface area contributed by atoms with Crippen LogP contribution in [-0.4, -0.2) is 9.38 Å². The third-order valence-corrected chi connectivity index (χ3v) is 1.91. The van der Waals surface area contributed by atoms with E-state index in [1.165, 1.54) is 0 Å². The third-order valence-electron chi connectivity index (χ3n) is 1.61. The highest BCUT2D eigenvalue weighted by molar-refractivity contribution is 6.33. The molecule has 0 saturated carbocycles. The Bertz CT molecular complexity index is 392. The van der Waals surface area contributed by atoms with E-state index in [2.05, 4.69) is 4.98 Å². The van der Waals surface area contributed by atoms with Crippen LogP contribution < -0.4 is 0 Å². The molecule has 0 atom stereocenters.